The molecule has 1 amide bonds. The standard InChI is InChI=1S/C22H25N3O3S/c1-2-3-4-16-5-9-18(10-6-16)23-22(29)25-24-21(26)12-8-17-7-11-19-20(15-17)28-14-13-27-19/h5-12,15H,2-4,13-14H2,1H3,(H,24,26)(H2,23,25,29)/b12-8+. The van der Waals surface area contributed by atoms with Crippen molar-refractivity contribution in [2.45, 2.75) is 26.2 Å². The maximum atomic E-state index is 12.0. The molecule has 3 N–H and O–H groups in total. The Hall–Kier alpha value is -3.06. The normalized spacial score (nSPS) is 12.4. The number of aryl methyl sites for hydroxylation is 1. The molecule has 6 nitrogen and oxygen atoms in total. The Balaban J connectivity index is 1.44. The van der Waals surface area contributed by atoms with E-state index in [4.69, 9.17) is 21.7 Å². The molecule has 2 aromatic carbocycles. The molecule has 0 aliphatic carbocycles. The second kappa shape index (κ2) is 10.5. The third kappa shape index (κ3) is 6.50. The minimum Gasteiger partial charge on any atom is -0.486 e. The van der Waals surface area contributed by atoms with Crippen molar-refractivity contribution in [3.05, 3.63) is 59.7 Å². The Kier molecular flexibility index (Phi) is 7.47. The highest BCUT2D eigenvalue weighted by atomic mass is 32.1. The van der Waals surface area contributed by atoms with Crippen LogP contribution in [0, 0.1) is 0 Å². The van der Waals surface area contributed by atoms with Crippen molar-refractivity contribution in [3.8, 4) is 11.5 Å². The zero-order chi connectivity index (χ0) is 20.5. The van der Waals surface area contributed by atoms with E-state index in [1.807, 2.05) is 30.3 Å². The average Bonchev–Trinajstić information content (AvgIpc) is 2.75. The van der Waals surface area contributed by atoms with Gasteiger partial charge in [0.25, 0.3) is 5.91 Å². The van der Waals surface area contributed by atoms with Crippen LogP contribution in [0.1, 0.15) is 30.9 Å². The van der Waals surface area contributed by atoms with Gasteiger partial charge in [-0.25, -0.2) is 0 Å². The molecule has 0 atom stereocenters. The van der Waals surface area contributed by atoms with Crippen LogP contribution < -0.4 is 25.6 Å². The number of ether oxygens (including phenoxy) is 2. The zero-order valence-electron chi connectivity index (χ0n) is 16.4. The van der Waals surface area contributed by atoms with Crippen LogP contribution in [-0.4, -0.2) is 24.2 Å². The van der Waals surface area contributed by atoms with E-state index in [0.29, 0.717) is 29.8 Å². The molecule has 1 aliphatic rings. The lowest BCUT2D eigenvalue weighted by atomic mass is 10.1. The Bertz CT molecular complexity index is 881. The molecule has 0 unspecified atom stereocenters. The lowest BCUT2D eigenvalue weighted by Gasteiger charge is -2.18. The van der Waals surface area contributed by atoms with Crippen LogP contribution >= 0.6 is 12.2 Å². The second-order valence-electron chi connectivity index (χ2n) is 6.61. The molecule has 0 spiro atoms. The first-order valence-corrected chi connectivity index (χ1v) is 10.1. The molecule has 0 bridgehead atoms. The van der Waals surface area contributed by atoms with E-state index in [9.17, 15) is 4.79 Å². The molecule has 0 saturated heterocycles. The quantitative estimate of drug-likeness (QED) is 0.381. The summed E-state index contributed by atoms with van der Waals surface area (Å²) in [6.07, 6.45) is 6.55. The van der Waals surface area contributed by atoms with Crippen molar-refractivity contribution in [1.82, 2.24) is 10.9 Å². The minimum absolute atomic E-state index is 0.312. The van der Waals surface area contributed by atoms with E-state index >= 15 is 0 Å². The second-order valence-corrected chi connectivity index (χ2v) is 7.01. The van der Waals surface area contributed by atoms with Crippen LogP contribution in [0.15, 0.2) is 48.5 Å². The van der Waals surface area contributed by atoms with Crippen LogP contribution in [0.5, 0.6) is 11.5 Å². The summed E-state index contributed by atoms with van der Waals surface area (Å²) in [5.41, 5.74) is 8.24. The molecule has 0 fully saturated rings. The number of anilines is 1. The molecule has 3 rings (SSSR count). The van der Waals surface area contributed by atoms with E-state index in [2.05, 4.69) is 35.2 Å². The summed E-state index contributed by atoms with van der Waals surface area (Å²) in [6, 6.07) is 13.6. The van der Waals surface area contributed by atoms with E-state index in [-0.39, 0.29) is 5.91 Å². The fraction of sp³-hybridized carbons (Fsp3) is 0.273. The number of amides is 1. The Morgan fingerprint density at radius 2 is 1.83 bits per heavy atom. The minimum atomic E-state index is -0.320. The fourth-order valence-corrected chi connectivity index (χ4v) is 2.96. The van der Waals surface area contributed by atoms with Crippen LogP contribution in [0.2, 0.25) is 0 Å². The highest BCUT2D eigenvalue weighted by Gasteiger charge is 2.10. The number of hydrazine groups is 1. The Morgan fingerprint density at radius 3 is 2.59 bits per heavy atom. The third-order valence-corrected chi connectivity index (χ3v) is 4.53. The highest BCUT2D eigenvalue weighted by molar-refractivity contribution is 7.80. The maximum absolute atomic E-state index is 12.0. The van der Waals surface area contributed by atoms with Gasteiger partial charge in [0.2, 0.25) is 0 Å². The van der Waals surface area contributed by atoms with Gasteiger partial charge in [0.15, 0.2) is 16.6 Å². The zero-order valence-corrected chi connectivity index (χ0v) is 17.2. The summed E-state index contributed by atoms with van der Waals surface area (Å²) in [5, 5.41) is 3.35. The number of carbonyl (C=O) groups is 1. The van der Waals surface area contributed by atoms with Crippen molar-refractivity contribution in [2.75, 3.05) is 18.5 Å². The van der Waals surface area contributed by atoms with Crippen LogP contribution in [0.3, 0.4) is 0 Å². The van der Waals surface area contributed by atoms with Gasteiger partial charge in [-0.2, -0.15) is 0 Å². The molecule has 0 aromatic heterocycles. The largest absolute Gasteiger partial charge is 0.486 e. The van der Waals surface area contributed by atoms with Gasteiger partial charge in [-0.1, -0.05) is 31.5 Å². The topological polar surface area (TPSA) is 71.6 Å². The van der Waals surface area contributed by atoms with Gasteiger partial charge in [-0.05, 0) is 66.5 Å². The van der Waals surface area contributed by atoms with E-state index in [1.165, 1.54) is 24.5 Å². The van der Waals surface area contributed by atoms with Crippen molar-refractivity contribution in [2.24, 2.45) is 0 Å². The number of fused-ring (bicyclic) bond motifs is 1. The van der Waals surface area contributed by atoms with Gasteiger partial charge >= 0.3 is 0 Å². The van der Waals surface area contributed by atoms with Crippen LogP contribution in [-0.2, 0) is 11.2 Å². The first-order valence-electron chi connectivity index (χ1n) is 9.67. The summed E-state index contributed by atoms with van der Waals surface area (Å²) in [6.45, 7) is 3.25. The number of carbonyl (C=O) groups excluding carboxylic acids is 1. The number of unbranched alkanes of at least 4 members (excludes halogenated alkanes) is 1. The van der Waals surface area contributed by atoms with Gasteiger partial charge < -0.3 is 14.8 Å². The monoisotopic (exact) mass is 411 g/mol. The summed E-state index contributed by atoms with van der Waals surface area (Å²) < 4.78 is 11.0. The number of thiocarbonyl (C=S) groups is 1. The van der Waals surface area contributed by atoms with Gasteiger partial charge in [0, 0.05) is 11.8 Å². The Morgan fingerprint density at radius 1 is 1.07 bits per heavy atom. The van der Waals surface area contributed by atoms with Gasteiger partial charge in [0.1, 0.15) is 13.2 Å². The summed E-state index contributed by atoms with van der Waals surface area (Å²) in [5.74, 6) is 1.08. The van der Waals surface area contributed by atoms with Gasteiger partial charge in [-0.3, -0.25) is 15.6 Å². The van der Waals surface area contributed by atoms with Crippen molar-refractivity contribution in [3.63, 3.8) is 0 Å². The van der Waals surface area contributed by atoms with Crippen molar-refractivity contribution >= 4 is 35.0 Å². The highest BCUT2D eigenvalue weighted by Crippen LogP contribution is 2.31. The number of nitrogens with one attached hydrogen (secondary N) is 3. The molecule has 0 saturated carbocycles. The number of benzene rings is 2. The van der Waals surface area contributed by atoms with E-state index in [0.717, 1.165) is 17.7 Å². The van der Waals surface area contributed by atoms with Gasteiger partial charge in [0.05, 0.1) is 0 Å². The lowest BCUT2D eigenvalue weighted by molar-refractivity contribution is -0.116. The summed E-state index contributed by atoms with van der Waals surface area (Å²) in [4.78, 5) is 12.0. The van der Waals surface area contributed by atoms with Crippen LogP contribution in [0.4, 0.5) is 5.69 Å². The van der Waals surface area contributed by atoms with Crippen LogP contribution in [0.25, 0.3) is 6.08 Å². The molecule has 29 heavy (non-hydrogen) atoms. The fourth-order valence-electron chi connectivity index (χ4n) is 2.79. The third-order valence-electron chi connectivity index (χ3n) is 4.32. The molecule has 1 aliphatic heterocycles. The van der Waals surface area contributed by atoms with E-state index in [1.54, 1.807) is 6.08 Å². The number of hydrogen-bond acceptors (Lipinski definition) is 4. The summed E-state index contributed by atoms with van der Waals surface area (Å²) in [7, 11) is 0. The first-order chi connectivity index (χ1) is 14.1. The molecule has 2 aromatic rings. The summed E-state index contributed by atoms with van der Waals surface area (Å²) >= 11 is 5.21. The van der Waals surface area contributed by atoms with Crippen molar-refractivity contribution in [1.29, 1.82) is 0 Å². The molecular weight excluding hydrogens is 386 g/mol. The molecule has 152 valence electrons. The predicted molar refractivity (Wildman–Crippen MR) is 119 cm³/mol. The van der Waals surface area contributed by atoms with E-state index < -0.39 is 0 Å². The maximum Gasteiger partial charge on any atom is 0.262 e. The molecule has 1 heterocycles. The first kappa shape index (κ1) is 20.7. The molecule has 7 heteroatoms. The Labute approximate surface area is 176 Å². The number of rotatable bonds is 6. The molecular formula is C22H25N3O3S. The lowest BCUT2D eigenvalue weighted by Crippen LogP contribution is -2.43. The predicted octanol–water partition coefficient (Wildman–Crippen LogP) is 3.83. The smallest absolute Gasteiger partial charge is 0.262 e. The number of hydrogen-bond donors (Lipinski definition) is 3. The van der Waals surface area contributed by atoms with Crippen molar-refractivity contribution < 1.29 is 14.3 Å². The molecule has 0 radical (unpaired) electrons. The SMILES string of the molecule is CCCCc1ccc(NC(=S)NNC(=O)/C=C/c2ccc3c(c2)OCCO3)cc1. The average molecular weight is 412 g/mol. The van der Waals surface area contributed by atoms with Gasteiger partial charge in [-0.15, -0.1) is 0 Å².